The fraction of sp³-hybridized carbons (Fsp3) is 0.118. The minimum atomic E-state index is 0.501. The zero-order valence-electron chi connectivity index (χ0n) is 11.5. The smallest absolute Gasteiger partial charge is 0.205 e. The van der Waals surface area contributed by atoms with Gasteiger partial charge in [-0.15, -0.1) is 9.36 Å². The molecule has 98 valence electrons. The standard InChI is InChI=1S/C17H11N4/c1-11-3-4-16-13(5-11)9-20-10-15-12(8-18)6-14(19-2)7-17(15)21(16)20/h3-7,10H,9H2,1H3/q+1. The van der Waals surface area contributed by atoms with Gasteiger partial charge in [-0.3, -0.25) is 0 Å². The van der Waals surface area contributed by atoms with Gasteiger partial charge in [-0.1, -0.05) is 11.6 Å². The van der Waals surface area contributed by atoms with Crippen LogP contribution in [-0.4, -0.2) is 4.68 Å². The Morgan fingerprint density at radius 2 is 2.19 bits per heavy atom. The summed E-state index contributed by atoms with van der Waals surface area (Å²) in [6, 6.07) is 12.1. The average molecular weight is 271 g/mol. The van der Waals surface area contributed by atoms with Gasteiger partial charge < -0.3 is 0 Å². The highest BCUT2D eigenvalue weighted by Crippen LogP contribution is 2.30. The first-order valence-corrected chi connectivity index (χ1v) is 6.68. The Balaban J connectivity index is 2.11. The molecule has 0 saturated heterocycles. The summed E-state index contributed by atoms with van der Waals surface area (Å²) in [5.41, 5.74) is 5.61. The normalized spacial score (nSPS) is 11.8. The first-order chi connectivity index (χ1) is 10.2. The quantitative estimate of drug-likeness (QED) is 0.358. The summed E-state index contributed by atoms with van der Waals surface area (Å²) in [6.07, 6.45) is 2.00. The molecule has 0 aliphatic carbocycles. The Labute approximate surface area is 121 Å². The molecule has 2 aromatic carbocycles. The second kappa shape index (κ2) is 3.94. The fourth-order valence-corrected chi connectivity index (χ4v) is 3.04. The summed E-state index contributed by atoms with van der Waals surface area (Å²) in [6.45, 7) is 10.1. The van der Waals surface area contributed by atoms with Crippen molar-refractivity contribution in [2.45, 2.75) is 13.5 Å². The van der Waals surface area contributed by atoms with Crippen molar-refractivity contribution in [3.8, 4) is 11.8 Å². The molecule has 0 amide bonds. The predicted octanol–water partition coefficient (Wildman–Crippen LogP) is 3.01. The van der Waals surface area contributed by atoms with E-state index in [0.717, 1.165) is 23.1 Å². The van der Waals surface area contributed by atoms with Crippen molar-refractivity contribution in [2.75, 3.05) is 0 Å². The number of rotatable bonds is 0. The van der Waals surface area contributed by atoms with Gasteiger partial charge in [0.15, 0.2) is 12.2 Å². The van der Waals surface area contributed by atoms with Crippen LogP contribution < -0.4 is 4.68 Å². The van der Waals surface area contributed by atoms with Crippen LogP contribution in [0.2, 0.25) is 0 Å². The van der Waals surface area contributed by atoms with E-state index in [4.69, 9.17) is 6.57 Å². The number of aryl methyl sites for hydroxylation is 1. The van der Waals surface area contributed by atoms with E-state index in [2.05, 4.69) is 45.4 Å². The molecule has 0 bridgehead atoms. The molecule has 2 heterocycles. The molecule has 21 heavy (non-hydrogen) atoms. The van der Waals surface area contributed by atoms with Crippen LogP contribution in [-0.2, 0) is 6.54 Å². The van der Waals surface area contributed by atoms with Crippen molar-refractivity contribution in [1.82, 2.24) is 4.68 Å². The summed E-state index contributed by atoms with van der Waals surface area (Å²) >= 11 is 0. The van der Waals surface area contributed by atoms with Crippen LogP contribution in [0.3, 0.4) is 0 Å². The van der Waals surface area contributed by atoms with E-state index in [1.807, 2.05) is 12.3 Å². The van der Waals surface area contributed by atoms with Crippen molar-refractivity contribution in [2.24, 2.45) is 0 Å². The molecule has 4 rings (SSSR count). The topological polar surface area (TPSA) is 37.0 Å². The average Bonchev–Trinajstić information content (AvgIpc) is 3.01. The number of aromatic nitrogens is 2. The van der Waals surface area contributed by atoms with E-state index >= 15 is 0 Å². The number of hydrogen-bond acceptors (Lipinski definition) is 1. The molecule has 1 aromatic heterocycles. The third-order valence-corrected chi connectivity index (χ3v) is 3.95. The first-order valence-electron chi connectivity index (χ1n) is 6.68. The van der Waals surface area contributed by atoms with E-state index in [1.54, 1.807) is 6.07 Å². The van der Waals surface area contributed by atoms with Gasteiger partial charge in [0.1, 0.15) is 11.2 Å². The molecule has 0 radical (unpaired) electrons. The van der Waals surface area contributed by atoms with Crippen LogP contribution in [0.25, 0.3) is 21.4 Å². The SMILES string of the molecule is [C-]#[N+]c1cc(C#N)c2c[n+]3n(c2c1)-c1ccc(C)cc1C3. The lowest BCUT2D eigenvalue weighted by Crippen LogP contribution is -2.36. The highest BCUT2D eigenvalue weighted by Gasteiger charge is 2.29. The van der Waals surface area contributed by atoms with Gasteiger partial charge in [0, 0.05) is 5.56 Å². The second-order valence-corrected chi connectivity index (χ2v) is 5.32. The number of benzene rings is 2. The second-order valence-electron chi connectivity index (χ2n) is 5.32. The van der Waals surface area contributed by atoms with Gasteiger partial charge in [-0.2, -0.15) is 5.26 Å². The molecule has 1 aliphatic heterocycles. The molecular weight excluding hydrogens is 260 g/mol. The Morgan fingerprint density at radius 3 is 2.95 bits per heavy atom. The van der Waals surface area contributed by atoms with Crippen molar-refractivity contribution >= 4 is 16.6 Å². The van der Waals surface area contributed by atoms with Gasteiger partial charge in [0.2, 0.25) is 6.20 Å². The Morgan fingerprint density at radius 1 is 1.33 bits per heavy atom. The van der Waals surface area contributed by atoms with E-state index in [0.29, 0.717) is 11.3 Å². The first kappa shape index (κ1) is 11.7. The summed E-state index contributed by atoms with van der Waals surface area (Å²) in [5.74, 6) is 0. The van der Waals surface area contributed by atoms with E-state index in [-0.39, 0.29) is 0 Å². The molecule has 0 saturated carbocycles. The minimum absolute atomic E-state index is 0.501. The summed E-state index contributed by atoms with van der Waals surface area (Å²) in [7, 11) is 0. The van der Waals surface area contributed by atoms with Crippen LogP contribution >= 0.6 is 0 Å². The maximum atomic E-state index is 9.31. The van der Waals surface area contributed by atoms with Crippen molar-refractivity contribution < 1.29 is 4.68 Å². The summed E-state index contributed by atoms with van der Waals surface area (Å²) < 4.78 is 4.20. The molecule has 3 aromatic rings. The van der Waals surface area contributed by atoms with Crippen LogP contribution in [0, 0.1) is 24.8 Å². The molecule has 4 nitrogen and oxygen atoms in total. The molecule has 0 unspecified atom stereocenters. The van der Waals surface area contributed by atoms with Crippen LogP contribution in [0.15, 0.2) is 36.5 Å². The lowest BCUT2D eigenvalue weighted by Gasteiger charge is -2.00. The maximum absolute atomic E-state index is 9.31. The molecular formula is C17H11N4+. The lowest BCUT2D eigenvalue weighted by molar-refractivity contribution is -0.749. The molecule has 0 fully saturated rings. The highest BCUT2D eigenvalue weighted by molar-refractivity contribution is 5.89. The fourth-order valence-electron chi connectivity index (χ4n) is 3.04. The van der Waals surface area contributed by atoms with E-state index in [9.17, 15) is 5.26 Å². The summed E-state index contributed by atoms with van der Waals surface area (Å²) in [5, 5.41) is 10.2. The number of hydrogen-bond donors (Lipinski definition) is 0. The molecule has 0 N–H and O–H groups in total. The zero-order chi connectivity index (χ0) is 14.6. The van der Waals surface area contributed by atoms with Crippen molar-refractivity contribution in [1.29, 1.82) is 5.26 Å². The lowest BCUT2D eigenvalue weighted by atomic mass is 10.1. The van der Waals surface area contributed by atoms with Crippen LogP contribution in [0.4, 0.5) is 5.69 Å². The van der Waals surface area contributed by atoms with E-state index < -0.39 is 0 Å². The van der Waals surface area contributed by atoms with Crippen molar-refractivity contribution in [3.05, 3.63) is 64.6 Å². The van der Waals surface area contributed by atoms with Crippen LogP contribution in [0.5, 0.6) is 0 Å². The number of nitriles is 1. The highest BCUT2D eigenvalue weighted by atomic mass is 15.4. The van der Waals surface area contributed by atoms with E-state index in [1.165, 1.54) is 11.1 Å². The molecule has 4 heteroatoms. The summed E-state index contributed by atoms with van der Waals surface area (Å²) in [4.78, 5) is 3.48. The van der Waals surface area contributed by atoms with Gasteiger partial charge in [0.05, 0.1) is 23.6 Å². The van der Waals surface area contributed by atoms with Gasteiger partial charge in [0.25, 0.3) is 0 Å². The Kier molecular flexibility index (Phi) is 2.20. The molecule has 0 spiro atoms. The third kappa shape index (κ3) is 1.50. The van der Waals surface area contributed by atoms with Crippen molar-refractivity contribution in [3.63, 3.8) is 0 Å². The molecule has 0 atom stereocenters. The maximum Gasteiger partial charge on any atom is 0.205 e. The zero-order valence-corrected chi connectivity index (χ0v) is 11.5. The minimum Gasteiger partial charge on any atom is -0.238 e. The number of fused-ring (bicyclic) bond motifs is 5. The Bertz CT molecular complexity index is 996. The largest absolute Gasteiger partial charge is 0.238 e. The predicted molar refractivity (Wildman–Crippen MR) is 78.3 cm³/mol. The Hall–Kier alpha value is -3.11. The molecule has 1 aliphatic rings. The monoisotopic (exact) mass is 271 g/mol. The van der Waals surface area contributed by atoms with Crippen LogP contribution in [0.1, 0.15) is 16.7 Å². The number of nitrogens with zero attached hydrogens (tertiary/aromatic N) is 4. The van der Waals surface area contributed by atoms with Gasteiger partial charge in [-0.25, -0.2) is 4.85 Å². The van der Waals surface area contributed by atoms with Gasteiger partial charge in [-0.05, 0) is 31.2 Å². The van der Waals surface area contributed by atoms with Gasteiger partial charge >= 0.3 is 0 Å². The third-order valence-electron chi connectivity index (χ3n) is 3.95.